The molecule has 6 rings (SSSR count). The third kappa shape index (κ3) is 3.74. The van der Waals surface area contributed by atoms with Crippen LogP contribution in [0.3, 0.4) is 0 Å². The van der Waals surface area contributed by atoms with Crippen LogP contribution in [0.1, 0.15) is 39.8 Å². The van der Waals surface area contributed by atoms with Crippen LogP contribution in [-0.2, 0) is 12.8 Å². The van der Waals surface area contributed by atoms with Crippen LogP contribution in [0.15, 0.2) is 60.7 Å². The summed E-state index contributed by atoms with van der Waals surface area (Å²) >= 11 is 0. The Kier molecular flexibility index (Phi) is 5.71. The summed E-state index contributed by atoms with van der Waals surface area (Å²) in [5, 5.41) is 30.9. The predicted octanol–water partition coefficient (Wildman–Crippen LogP) is 5.86. The monoisotopic (exact) mass is 512 g/mol. The summed E-state index contributed by atoms with van der Waals surface area (Å²) in [4.78, 5) is 0. The number of rotatable bonds is 5. The predicted molar refractivity (Wildman–Crippen MR) is 142 cm³/mol. The van der Waals surface area contributed by atoms with E-state index in [-0.39, 0.29) is 23.2 Å². The van der Waals surface area contributed by atoms with Crippen LogP contribution in [0.2, 0.25) is 0 Å². The van der Waals surface area contributed by atoms with E-state index in [2.05, 4.69) is 0 Å². The number of hydrogen-bond acceptors (Lipinski definition) is 7. The number of methoxy groups -OCH3 is 3. The first-order valence-electron chi connectivity index (χ1n) is 12.4. The van der Waals surface area contributed by atoms with Crippen LogP contribution in [0.25, 0.3) is 11.1 Å². The number of phenolic OH excluding ortho intramolecular Hbond substituents is 3. The van der Waals surface area contributed by atoms with Crippen LogP contribution >= 0.6 is 0 Å². The Labute approximate surface area is 220 Å². The van der Waals surface area contributed by atoms with Gasteiger partial charge >= 0.3 is 0 Å². The molecule has 4 aromatic carbocycles. The smallest absolute Gasteiger partial charge is 0.160 e. The zero-order valence-electron chi connectivity index (χ0n) is 21.3. The fourth-order valence-electron chi connectivity index (χ4n) is 5.88. The van der Waals surface area contributed by atoms with Crippen molar-refractivity contribution in [3.63, 3.8) is 0 Å². The second-order valence-corrected chi connectivity index (χ2v) is 9.60. The maximum Gasteiger partial charge on any atom is 0.160 e. The van der Waals surface area contributed by atoms with E-state index in [1.54, 1.807) is 44.6 Å². The quantitative estimate of drug-likeness (QED) is 0.308. The summed E-state index contributed by atoms with van der Waals surface area (Å²) in [7, 11) is 4.72. The van der Waals surface area contributed by atoms with Crippen molar-refractivity contribution in [3.05, 3.63) is 88.5 Å². The molecule has 0 unspecified atom stereocenters. The molecule has 0 spiro atoms. The normalized spacial score (nSPS) is 17.1. The maximum atomic E-state index is 10.6. The molecule has 2 atom stereocenters. The number of ether oxygens (including phenoxy) is 4. The molecular formula is C31H28O7. The molecule has 0 saturated carbocycles. The first-order valence-corrected chi connectivity index (χ1v) is 12.4. The van der Waals surface area contributed by atoms with E-state index in [0.717, 1.165) is 51.8 Å². The molecule has 0 aromatic heterocycles. The average molecular weight is 513 g/mol. The lowest BCUT2D eigenvalue weighted by Gasteiger charge is -2.27. The highest BCUT2D eigenvalue weighted by molar-refractivity contribution is 5.83. The second-order valence-electron chi connectivity index (χ2n) is 9.60. The van der Waals surface area contributed by atoms with E-state index in [9.17, 15) is 15.3 Å². The molecular weight excluding hydrogens is 484 g/mol. The molecule has 1 heterocycles. The maximum absolute atomic E-state index is 10.6. The Morgan fingerprint density at radius 3 is 2.32 bits per heavy atom. The third-order valence-electron chi connectivity index (χ3n) is 7.53. The molecule has 3 N–H and O–H groups in total. The van der Waals surface area contributed by atoms with E-state index < -0.39 is 6.10 Å². The molecule has 7 heteroatoms. The van der Waals surface area contributed by atoms with Gasteiger partial charge in [-0.2, -0.15) is 0 Å². The molecule has 194 valence electrons. The van der Waals surface area contributed by atoms with Crippen molar-refractivity contribution in [2.45, 2.75) is 24.9 Å². The molecule has 4 aromatic rings. The zero-order chi connectivity index (χ0) is 26.6. The second kappa shape index (κ2) is 9.10. The van der Waals surface area contributed by atoms with Gasteiger partial charge in [-0.15, -0.1) is 0 Å². The van der Waals surface area contributed by atoms with E-state index in [1.165, 1.54) is 7.11 Å². The summed E-state index contributed by atoms with van der Waals surface area (Å²) in [6.45, 7) is 0. The summed E-state index contributed by atoms with van der Waals surface area (Å²) in [5.41, 5.74) is 6.84. The fraction of sp³-hybridized carbons (Fsp3) is 0.226. The highest BCUT2D eigenvalue weighted by atomic mass is 16.5. The Bertz CT molecular complexity index is 1560. The molecule has 0 fully saturated rings. The first kappa shape index (κ1) is 23.9. The Balaban J connectivity index is 1.61. The minimum Gasteiger partial charge on any atom is -0.508 e. The summed E-state index contributed by atoms with van der Waals surface area (Å²) < 4.78 is 23.4. The standard InChI is InChI=1S/C31H28O7/c1-35-21-12-18(11-20(33)14-21)28-30-23-7-4-16-10-19(32)6-8-22(16)29(23)26(37-3)15-27(30)38-31(28)17-5-9-24(34)25(13-17)36-2/h5-6,8-15,28,31-34H,4,7H2,1-3H3/t28-,31+/m0/s1. The molecule has 2 aliphatic rings. The number of hydrogen-bond donors (Lipinski definition) is 3. The van der Waals surface area contributed by atoms with Crippen molar-refractivity contribution < 1.29 is 34.3 Å². The first-order chi connectivity index (χ1) is 18.4. The minimum atomic E-state index is -0.469. The molecule has 0 saturated heterocycles. The van der Waals surface area contributed by atoms with Crippen LogP contribution in [0.4, 0.5) is 0 Å². The minimum absolute atomic E-state index is 0.0428. The lowest BCUT2D eigenvalue weighted by atomic mass is 9.76. The highest BCUT2D eigenvalue weighted by Crippen LogP contribution is 2.57. The number of fused-ring (bicyclic) bond motifs is 5. The Morgan fingerprint density at radius 2 is 1.55 bits per heavy atom. The third-order valence-corrected chi connectivity index (χ3v) is 7.53. The van der Waals surface area contributed by atoms with Gasteiger partial charge in [0.1, 0.15) is 34.9 Å². The largest absolute Gasteiger partial charge is 0.508 e. The van der Waals surface area contributed by atoms with Gasteiger partial charge in [0, 0.05) is 23.3 Å². The molecule has 0 bridgehead atoms. The lowest BCUT2D eigenvalue weighted by Crippen LogP contribution is -2.14. The molecule has 0 amide bonds. The van der Waals surface area contributed by atoms with E-state index in [4.69, 9.17) is 18.9 Å². The van der Waals surface area contributed by atoms with Crippen LogP contribution in [0, 0.1) is 0 Å². The molecule has 38 heavy (non-hydrogen) atoms. The van der Waals surface area contributed by atoms with Crippen LogP contribution in [0.5, 0.6) is 40.2 Å². The molecule has 1 aliphatic heterocycles. The van der Waals surface area contributed by atoms with Gasteiger partial charge in [0.25, 0.3) is 0 Å². The van der Waals surface area contributed by atoms with E-state index in [1.807, 2.05) is 30.3 Å². The highest BCUT2D eigenvalue weighted by Gasteiger charge is 2.42. The van der Waals surface area contributed by atoms with Crippen LogP contribution < -0.4 is 18.9 Å². The molecule has 0 radical (unpaired) electrons. The van der Waals surface area contributed by atoms with Crippen molar-refractivity contribution in [3.8, 4) is 51.4 Å². The summed E-state index contributed by atoms with van der Waals surface area (Å²) in [6.07, 6.45) is 1.01. The average Bonchev–Trinajstić information content (AvgIpc) is 3.31. The van der Waals surface area contributed by atoms with Gasteiger partial charge < -0.3 is 34.3 Å². The van der Waals surface area contributed by atoms with E-state index >= 15 is 0 Å². The van der Waals surface area contributed by atoms with Crippen molar-refractivity contribution >= 4 is 0 Å². The zero-order valence-corrected chi connectivity index (χ0v) is 21.3. The van der Waals surface area contributed by atoms with Gasteiger partial charge in [0.05, 0.1) is 27.2 Å². The van der Waals surface area contributed by atoms with Crippen molar-refractivity contribution in [1.82, 2.24) is 0 Å². The fourth-order valence-corrected chi connectivity index (χ4v) is 5.88. The number of benzene rings is 4. The topological polar surface area (TPSA) is 97.6 Å². The Morgan fingerprint density at radius 1 is 0.737 bits per heavy atom. The van der Waals surface area contributed by atoms with Crippen molar-refractivity contribution in [2.24, 2.45) is 0 Å². The molecule has 1 aliphatic carbocycles. The van der Waals surface area contributed by atoms with Gasteiger partial charge in [0.15, 0.2) is 11.5 Å². The van der Waals surface area contributed by atoms with Crippen molar-refractivity contribution in [2.75, 3.05) is 21.3 Å². The van der Waals surface area contributed by atoms with Crippen molar-refractivity contribution in [1.29, 1.82) is 0 Å². The number of phenols is 3. The van der Waals surface area contributed by atoms with Crippen LogP contribution in [-0.4, -0.2) is 36.6 Å². The van der Waals surface area contributed by atoms with Gasteiger partial charge in [-0.1, -0.05) is 12.1 Å². The SMILES string of the molecule is COc1cc(O)cc([C@H]2c3c(cc(OC)c4c3CCc3cc(O)ccc3-4)O[C@@H]2c2ccc(O)c(OC)c2)c1. The Hall–Kier alpha value is -4.52. The van der Waals surface area contributed by atoms with Gasteiger partial charge in [-0.25, -0.2) is 0 Å². The van der Waals surface area contributed by atoms with Gasteiger partial charge in [-0.05, 0) is 77.1 Å². The number of aryl methyl sites for hydroxylation is 1. The number of aromatic hydroxyl groups is 3. The molecule has 7 nitrogen and oxygen atoms in total. The van der Waals surface area contributed by atoms with E-state index in [0.29, 0.717) is 23.0 Å². The summed E-state index contributed by atoms with van der Waals surface area (Å²) in [6, 6.07) is 17.8. The lowest BCUT2D eigenvalue weighted by molar-refractivity contribution is 0.220. The summed E-state index contributed by atoms with van der Waals surface area (Å²) in [5.74, 6) is 2.37. The van der Waals surface area contributed by atoms with Gasteiger partial charge in [-0.3, -0.25) is 0 Å². The van der Waals surface area contributed by atoms with Gasteiger partial charge in [0.2, 0.25) is 0 Å².